The summed E-state index contributed by atoms with van der Waals surface area (Å²) >= 11 is 0. The number of aliphatic imine (C=N–C) groups is 1. The van der Waals surface area contributed by atoms with Crippen LogP contribution in [0.15, 0.2) is 4.99 Å². The fraction of sp³-hybridized carbons (Fsp3) is 0.600. The minimum atomic E-state index is -2.33. The average Bonchev–Trinajstić information content (AvgIpc) is 3.33. The smallest absolute Gasteiger partial charge is 0.305 e. The van der Waals surface area contributed by atoms with Gasteiger partial charge < -0.3 is 88.5 Å². The molecule has 73 heavy (non-hydrogen) atoms. The van der Waals surface area contributed by atoms with Crippen LogP contribution in [0.2, 0.25) is 0 Å². The molecule has 0 aromatic rings. The van der Waals surface area contributed by atoms with Gasteiger partial charge in [0.1, 0.15) is 37.7 Å². The van der Waals surface area contributed by atoms with Crippen molar-refractivity contribution in [2.24, 2.45) is 33.8 Å². The largest absolute Gasteiger partial charge is 0.481 e. The number of aliphatic carboxylic acids is 2. The van der Waals surface area contributed by atoms with E-state index in [4.69, 9.17) is 22.9 Å². The number of hydrogen-bond donors (Lipinski definition) is 17. The van der Waals surface area contributed by atoms with E-state index < -0.39 is 146 Å². The highest BCUT2D eigenvalue weighted by Gasteiger charge is 2.37. The van der Waals surface area contributed by atoms with Crippen LogP contribution in [0.4, 0.5) is 0 Å². The van der Waals surface area contributed by atoms with E-state index in [1.807, 2.05) is 0 Å². The van der Waals surface area contributed by atoms with Gasteiger partial charge in [0.05, 0.1) is 55.6 Å². The van der Waals surface area contributed by atoms with Crippen molar-refractivity contribution in [1.82, 2.24) is 58.5 Å². The molecule has 0 aromatic carbocycles. The molecule has 0 spiro atoms. The van der Waals surface area contributed by atoms with E-state index in [0.717, 1.165) is 0 Å². The van der Waals surface area contributed by atoms with Gasteiger partial charge in [0, 0.05) is 13.0 Å². The third kappa shape index (κ3) is 26.3. The van der Waals surface area contributed by atoms with Crippen LogP contribution < -0.4 is 81.4 Å². The highest BCUT2D eigenvalue weighted by atomic mass is 16.4. The second kappa shape index (κ2) is 35.4. The van der Waals surface area contributed by atoms with Gasteiger partial charge in [0.2, 0.25) is 11.8 Å². The highest BCUT2D eigenvalue weighted by Crippen LogP contribution is 2.07. The topological polar surface area (TPSA) is 545 Å². The molecule has 0 aliphatic heterocycles. The van der Waals surface area contributed by atoms with E-state index in [-0.39, 0.29) is 63.6 Å². The molecular weight excluding hydrogens is 977 g/mol. The fourth-order valence-electron chi connectivity index (χ4n) is 6.07. The lowest BCUT2D eigenvalue weighted by Crippen LogP contribution is -2.70. The van der Waals surface area contributed by atoms with Crippen molar-refractivity contribution in [3.8, 4) is 0 Å². The molecule has 33 heteroatoms. The molecule has 0 aliphatic carbocycles. The summed E-state index contributed by atoms with van der Waals surface area (Å²) in [7, 11) is 0. The Balaban J connectivity index is 7.52. The normalized spacial score (nSPS) is 15.8. The quantitative estimate of drug-likeness (QED) is 0.00887. The molecule has 0 fully saturated rings. The minimum Gasteiger partial charge on any atom is -0.481 e. The van der Waals surface area contributed by atoms with Crippen molar-refractivity contribution in [2.45, 2.75) is 133 Å². The molecule has 0 aliphatic rings. The molecule has 12 atom stereocenters. The Bertz CT molecular complexity index is 1980. The average molecular weight is 1040 g/mol. The third-order valence-electron chi connectivity index (χ3n) is 10.1. The van der Waals surface area contributed by atoms with Gasteiger partial charge in [-0.3, -0.25) is 80.0 Å². The zero-order valence-electron chi connectivity index (χ0n) is 40.0. The Morgan fingerprint density at radius 3 is 1.26 bits per heavy atom. The van der Waals surface area contributed by atoms with Gasteiger partial charge in [-0.05, 0) is 25.2 Å². The Hall–Kier alpha value is -7.72. The molecule has 0 bridgehead atoms. The summed E-state index contributed by atoms with van der Waals surface area (Å²) < 4.78 is 0. The van der Waals surface area contributed by atoms with Gasteiger partial charge in [-0.15, -0.1) is 0 Å². The van der Waals surface area contributed by atoms with Gasteiger partial charge in [-0.2, -0.15) is 0 Å². The maximum absolute atomic E-state index is 14.3. The molecule has 7 amide bonds. The Labute approximate surface area is 416 Å². The lowest BCUT2D eigenvalue weighted by atomic mass is 10.00. The number of primary amides is 2. The molecule has 0 saturated carbocycles. The second-order valence-corrected chi connectivity index (χ2v) is 15.8. The SMILES string of the molecule is CC[C@H](NCC=O)C(=O)N[C@H](N[C@@H](C=O)CC(=O)O)C(=O)N[C@H](N[C@@H](C=O)CC(=O)O)C(=O)N[C@H](N[C@@H](C=O)[C@H](C)CC)C(=O)N[C@H](N[C@@H](C=O)CC(N)=O)C(=O)N[C@H](N[C@@H](C=O)CCCN=C(N)N)C(N)=O. The van der Waals surface area contributed by atoms with Crippen molar-refractivity contribution < 1.29 is 82.1 Å². The molecule has 0 rings (SSSR count). The van der Waals surface area contributed by atoms with Crippen molar-refractivity contribution in [3.63, 3.8) is 0 Å². The van der Waals surface area contributed by atoms with Crippen LogP contribution in [0.3, 0.4) is 0 Å². The Morgan fingerprint density at radius 2 is 0.918 bits per heavy atom. The number of guanidine groups is 1. The highest BCUT2D eigenvalue weighted by molar-refractivity contribution is 5.97. The molecule has 0 heterocycles. The number of aldehydes is 6. The minimum absolute atomic E-state index is 0.00291. The monoisotopic (exact) mass is 1040 g/mol. The van der Waals surface area contributed by atoms with E-state index in [9.17, 15) is 82.1 Å². The molecule has 0 radical (unpaired) electrons. The molecular formula is C40H66N16O17. The van der Waals surface area contributed by atoms with E-state index in [1.165, 1.54) is 13.8 Å². The number of nitrogens with two attached hydrogens (primary N) is 4. The van der Waals surface area contributed by atoms with E-state index in [0.29, 0.717) is 18.9 Å². The van der Waals surface area contributed by atoms with Crippen molar-refractivity contribution >= 4 is 97.0 Å². The number of nitrogens with one attached hydrogen (secondary N) is 11. The first-order chi connectivity index (χ1) is 34.4. The van der Waals surface area contributed by atoms with Gasteiger partial charge in [-0.1, -0.05) is 27.2 Å². The first-order valence-electron chi connectivity index (χ1n) is 22.3. The van der Waals surface area contributed by atoms with E-state index in [2.05, 4.69) is 63.5 Å². The van der Waals surface area contributed by atoms with Crippen LogP contribution >= 0.6 is 0 Å². The van der Waals surface area contributed by atoms with Crippen LogP contribution in [0.5, 0.6) is 0 Å². The molecule has 0 unspecified atom stereocenters. The second-order valence-electron chi connectivity index (χ2n) is 15.8. The van der Waals surface area contributed by atoms with Crippen LogP contribution in [0, 0.1) is 5.92 Å². The van der Waals surface area contributed by atoms with Crippen LogP contribution in [-0.4, -0.2) is 187 Å². The summed E-state index contributed by atoms with van der Waals surface area (Å²) in [6.45, 7) is 4.38. The molecule has 21 N–H and O–H groups in total. The van der Waals surface area contributed by atoms with Crippen molar-refractivity contribution in [3.05, 3.63) is 0 Å². The molecule has 33 nitrogen and oxygen atoms in total. The number of amides is 7. The lowest BCUT2D eigenvalue weighted by molar-refractivity contribution is -0.140. The number of carboxylic acid groups (broad SMARTS) is 2. The standard InChI is InChI=1S/C40H66N16O17/c1-4-19(3)25(18-62)51-34(39(73)55-32(48-21(15-59)11-26(41)63)36(70)52-30(29(42)68)47-20(14-58)7-6-8-46-40(43)44)56-38(72)33(50-23(17-61)13-28(66)67)54-37(71)31(49-22(16-60)12-27(64)65)53-35(69)24(5-2)45-9-10-57/h10,14-25,30-34,45,47-51H,4-9,11-13H2,1-3H3,(H2,41,63)(H2,42,68)(H,52,70)(H,53,69)(H,54,71)(H,55,73)(H,56,72)(H,64,65)(H,66,67)(H4,43,44,46)/t19-,20-,21-,22-,23-,24+,25+,30+,31+,32+,33+,34+/m1/s1. The summed E-state index contributed by atoms with van der Waals surface area (Å²) in [5, 5.41) is 43.8. The molecule has 0 saturated heterocycles. The number of nitrogens with zero attached hydrogens (tertiary/aromatic N) is 1. The zero-order chi connectivity index (χ0) is 55.8. The summed E-state index contributed by atoms with van der Waals surface area (Å²) in [5.41, 5.74) is 21.3. The van der Waals surface area contributed by atoms with Crippen molar-refractivity contribution in [2.75, 3.05) is 13.1 Å². The Kier molecular flexibility index (Phi) is 31.6. The first kappa shape index (κ1) is 65.3. The van der Waals surface area contributed by atoms with Gasteiger partial charge in [-0.25, -0.2) is 0 Å². The summed E-state index contributed by atoms with van der Waals surface area (Å²) in [6.07, 6.45) is -11.9. The Morgan fingerprint density at radius 1 is 0.521 bits per heavy atom. The van der Waals surface area contributed by atoms with Crippen LogP contribution in [0.25, 0.3) is 0 Å². The summed E-state index contributed by atoms with van der Waals surface area (Å²) in [5.74, 6) is -13.3. The number of carboxylic acids is 2. The number of carbonyl (C=O) groups excluding carboxylic acids is 13. The maximum atomic E-state index is 14.3. The number of carbonyl (C=O) groups is 15. The molecule has 408 valence electrons. The third-order valence-corrected chi connectivity index (χ3v) is 10.1. The number of rotatable bonds is 42. The number of hydrogen-bond acceptors (Lipinski definition) is 22. The van der Waals surface area contributed by atoms with E-state index in [1.54, 1.807) is 6.92 Å². The van der Waals surface area contributed by atoms with Crippen molar-refractivity contribution in [1.29, 1.82) is 0 Å². The van der Waals surface area contributed by atoms with Gasteiger partial charge >= 0.3 is 11.9 Å². The van der Waals surface area contributed by atoms with Crippen LogP contribution in [-0.2, 0) is 71.9 Å². The fourth-order valence-corrected chi connectivity index (χ4v) is 6.07. The van der Waals surface area contributed by atoms with Crippen LogP contribution in [0.1, 0.15) is 65.7 Å². The predicted molar refractivity (Wildman–Crippen MR) is 250 cm³/mol. The summed E-state index contributed by atoms with van der Waals surface area (Å²) in [4.78, 5) is 192. The predicted octanol–water partition coefficient (Wildman–Crippen LogP) is -10.0. The first-order valence-corrected chi connectivity index (χ1v) is 22.3. The lowest BCUT2D eigenvalue weighted by Gasteiger charge is -2.31. The summed E-state index contributed by atoms with van der Waals surface area (Å²) in [6, 6.07) is -8.86. The van der Waals surface area contributed by atoms with Gasteiger partial charge in [0.25, 0.3) is 29.5 Å². The van der Waals surface area contributed by atoms with E-state index >= 15 is 0 Å². The maximum Gasteiger partial charge on any atom is 0.305 e. The zero-order valence-corrected chi connectivity index (χ0v) is 40.0. The molecule has 0 aromatic heterocycles. The van der Waals surface area contributed by atoms with Gasteiger partial charge in [0.15, 0.2) is 36.8 Å².